The largest absolute Gasteiger partial charge is 0.296 e. The highest BCUT2D eigenvalue weighted by Crippen LogP contribution is 2.34. The van der Waals surface area contributed by atoms with Crippen molar-refractivity contribution in [3.63, 3.8) is 0 Å². The standard InChI is InChI=1S/C16H23N/c1-11-9-12(2)16(10-17-4)13(3)15(11)8-7-14-5-6-14/h9-10,14H,5-8H2,1-4H3/b17-10+. The molecule has 0 aromatic heterocycles. The van der Waals surface area contributed by atoms with Gasteiger partial charge in [0.15, 0.2) is 0 Å². The fourth-order valence-corrected chi connectivity index (χ4v) is 2.71. The van der Waals surface area contributed by atoms with E-state index in [1.807, 2.05) is 13.3 Å². The van der Waals surface area contributed by atoms with Gasteiger partial charge in [0, 0.05) is 13.3 Å². The number of hydrogen-bond acceptors (Lipinski definition) is 1. The number of aliphatic imine (C=N–C) groups is 1. The fraction of sp³-hybridized carbons (Fsp3) is 0.562. The Bertz CT molecular complexity index is 439. The molecule has 0 spiro atoms. The van der Waals surface area contributed by atoms with Crippen LogP contribution in [0.4, 0.5) is 0 Å². The summed E-state index contributed by atoms with van der Waals surface area (Å²) < 4.78 is 0. The van der Waals surface area contributed by atoms with E-state index >= 15 is 0 Å². The van der Waals surface area contributed by atoms with E-state index in [1.54, 1.807) is 5.56 Å². The van der Waals surface area contributed by atoms with E-state index < -0.39 is 0 Å². The Morgan fingerprint density at radius 3 is 2.53 bits per heavy atom. The van der Waals surface area contributed by atoms with Crippen molar-refractivity contribution in [2.45, 2.75) is 46.5 Å². The summed E-state index contributed by atoms with van der Waals surface area (Å²) in [6.07, 6.45) is 7.52. The predicted octanol–water partition coefficient (Wildman–Crippen LogP) is 4.00. The molecule has 17 heavy (non-hydrogen) atoms. The van der Waals surface area contributed by atoms with E-state index in [9.17, 15) is 0 Å². The van der Waals surface area contributed by atoms with Gasteiger partial charge in [-0.1, -0.05) is 18.9 Å². The Hall–Kier alpha value is -1.11. The smallest absolute Gasteiger partial charge is 0.0286 e. The Labute approximate surface area is 105 Å². The quantitative estimate of drug-likeness (QED) is 0.692. The van der Waals surface area contributed by atoms with Gasteiger partial charge in [-0.3, -0.25) is 4.99 Å². The van der Waals surface area contributed by atoms with Crippen LogP contribution in [0.5, 0.6) is 0 Å². The first kappa shape index (κ1) is 12.3. The second kappa shape index (κ2) is 5.03. The summed E-state index contributed by atoms with van der Waals surface area (Å²) >= 11 is 0. The van der Waals surface area contributed by atoms with E-state index in [1.165, 1.54) is 47.9 Å². The highest BCUT2D eigenvalue weighted by atomic mass is 14.6. The van der Waals surface area contributed by atoms with E-state index in [4.69, 9.17) is 0 Å². The lowest BCUT2D eigenvalue weighted by Crippen LogP contribution is -2.02. The summed E-state index contributed by atoms with van der Waals surface area (Å²) in [5.74, 6) is 1.01. The van der Waals surface area contributed by atoms with Crippen LogP contribution in [0, 0.1) is 26.7 Å². The summed E-state index contributed by atoms with van der Waals surface area (Å²) in [6, 6.07) is 2.31. The SMILES string of the molecule is C/N=C/c1c(C)cc(C)c(CCC2CC2)c1C. The lowest BCUT2D eigenvalue weighted by atomic mass is 9.91. The molecule has 1 aliphatic carbocycles. The van der Waals surface area contributed by atoms with E-state index in [2.05, 4.69) is 31.8 Å². The van der Waals surface area contributed by atoms with Crippen molar-refractivity contribution in [1.29, 1.82) is 0 Å². The normalized spacial score (nSPS) is 15.8. The summed E-state index contributed by atoms with van der Waals surface area (Å²) in [5.41, 5.74) is 7.12. The van der Waals surface area contributed by atoms with Gasteiger partial charge in [-0.15, -0.1) is 0 Å². The molecule has 1 nitrogen and oxygen atoms in total. The third-order valence-corrected chi connectivity index (χ3v) is 3.95. The maximum Gasteiger partial charge on any atom is 0.0286 e. The summed E-state index contributed by atoms with van der Waals surface area (Å²) in [5, 5.41) is 0. The Balaban J connectivity index is 2.31. The number of benzene rings is 1. The van der Waals surface area contributed by atoms with Crippen molar-refractivity contribution in [3.05, 3.63) is 33.9 Å². The second-order valence-corrected chi connectivity index (χ2v) is 5.40. The van der Waals surface area contributed by atoms with Crippen LogP contribution in [0.25, 0.3) is 0 Å². The minimum absolute atomic E-state index is 1.01. The van der Waals surface area contributed by atoms with E-state index in [-0.39, 0.29) is 0 Å². The Morgan fingerprint density at radius 2 is 1.94 bits per heavy atom. The van der Waals surface area contributed by atoms with E-state index in [0.717, 1.165) is 5.92 Å². The van der Waals surface area contributed by atoms with Gasteiger partial charge in [0.25, 0.3) is 0 Å². The third kappa shape index (κ3) is 2.77. The molecule has 1 aromatic carbocycles. The van der Waals surface area contributed by atoms with Crippen LogP contribution >= 0.6 is 0 Å². The van der Waals surface area contributed by atoms with Crippen molar-refractivity contribution in [1.82, 2.24) is 0 Å². The number of nitrogens with zero attached hydrogens (tertiary/aromatic N) is 1. The molecule has 0 N–H and O–H groups in total. The summed E-state index contributed by atoms with van der Waals surface area (Å²) in [6.45, 7) is 6.68. The molecule has 0 aliphatic heterocycles. The second-order valence-electron chi connectivity index (χ2n) is 5.40. The van der Waals surface area contributed by atoms with Crippen LogP contribution < -0.4 is 0 Å². The average Bonchev–Trinajstić information content (AvgIpc) is 3.07. The highest BCUT2D eigenvalue weighted by Gasteiger charge is 2.21. The van der Waals surface area contributed by atoms with Gasteiger partial charge in [-0.05, 0) is 67.3 Å². The number of aryl methyl sites for hydroxylation is 2. The molecule has 1 fully saturated rings. The zero-order valence-electron chi connectivity index (χ0n) is 11.5. The number of rotatable bonds is 4. The van der Waals surface area contributed by atoms with Crippen molar-refractivity contribution in [3.8, 4) is 0 Å². The molecule has 0 heterocycles. The number of hydrogen-bond donors (Lipinski definition) is 0. The van der Waals surface area contributed by atoms with Crippen molar-refractivity contribution in [2.24, 2.45) is 10.9 Å². The molecule has 1 aromatic rings. The molecule has 2 rings (SSSR count). The van der Waals surface area contributed by atoms with Gasteiger partial charge in [-0.25, -0.2) is 0 Å². The predicted molar refractivity (Wildman–Crippen MR) is 75.2 cm³/mol. The molecule has 0 unspecified atom stereocenters. The van der Waals surface area contributed by atoms with Gasteiger partial charge in [-0.2, -0.15) is 0 Å². The van der Waals surface area contributed by atoms with Crippen LogP contribution in [0.15, 0.2) is 11.1 Å². The minimum atomic E-state index is 1.01. The van der Waals surface area contributed by atoms with E-state index in [0.29, 0.717) is 0 Å². The van der Waals surface area contributed by atoms with Crippen LogP contribution in [0.2, 0.25) is 0 Å². The average molecular weight is 229 g/mol. The molecule has 1 aliphatic rings. The Kier molecular flexibility index (Phi) is 3.66. The molecular weight excluding hydrogens is 206 g/mol. The van der Waals surface area contributed by atoms with Gasteiger partial charge in [0.2, 0.25) is 0 Å². The van der Waals surface area contributed by atoms with Crippen molar-refractivity contribution >= 4 is 6.21 Å². The Morgan fingerprint density at radius 1 is 1.24 bits per heavy atom. The monoisotopic (exact) mass is 229 g/mol. The maximum absolute atomic E-state index is 4.18. The molecule has 0 radical (unpaired) electrons. The van der Waals surface area contributed by atoms with Gasteiger partial charge in [0.1, 0.15) is 0 Å². The van der Waals surface area contributed by atoms with Gasteiger partial charge >= 0.3 is 0 Å². The molecule has 0 atom stereocenters. The first-order chi connectivity index (χ1) is 8.13. The zero-order valence-corrected chi connectivity index (χ0v) is 11.5. The molecule has 0 saturated heterocycles. The molecule has 1 heteroatoms. The third-order valence-electron chi connectivity index (χ3n) is 3.95. The molecule has 1 saturated carbocycles. The highest BCUT2D eigenvalue weighted by molar-refractivity contribution is 5.84. The first-order valence-electron chi connectivity index (χ1n) is 6.65. The fourth-order valence-electron chi connectivity index (χ4n) is 2.71. The summed E-state index contributed by atoms with van der Waals surface area (Å²) in [4.78, 5) is 4.18. The van der Waals surface area contributed by atoms with Crippen molar-refractivity contribution < 1.29 is 0 Å². The molecular formula is C16H23N. The molecule has 92 valence electrons. The topological polar surface area (TPSA) is 12.4 Å². The summed E-state index contributed by atoms with van der Waals surface area (Å²) in [7, 11) is 1.85. The first-order valence-corrected chi connectivity index (χ1v) is 6.65. The van der Waals surface area contributed by atoms with Crippen LogP contribution in [-0.2, 0) is 6.42 Å². The maximum atomic E-state index is 4.18. The van der Waals surface area contributed by atoms with Crippen LogP contribution in [0.1, 0.15) is 47.1 Å². The zero-order chi connectivity index (χ0) is 12.4. The lowest BCUT2D eigenvalue weighted by molar-refractivity contribution is 0.721. The van der Waals surface area contributed by atoms with Crippen LogP contribution in [-0.4, -0.2) is 13.3 Å². The van der Waals surface area contributed by atoms with Crippen molar-refractivity contribution in [2.75, 3.05) is 7.05 Å². The lowest BCUT2D eigenvalue weighted by Gasteiger charge is -2.15. The molecule has 0 amide bonds. The minimum Gasteiger partial charge on any atom is -0.296 e. The van der Waals surface area contributed by atoms with Crippen LogP contribution in [0.3, 0.4) is 0 Å². The van der Waals surface area contributed by atoms with Gasteiger partial charge in [0.05, 0.1) is 0 Å². The van der Waals surface area contributed by atoms with Gasteiger partial charge < -0.3 is 0 Å². The molecule has 0 bridgehead atoms.